The zero-order valence-electron chi connectivity index (χ0n) is 10.6. The summed E-state index contributed by atoms with van der Waals surface area (Å²) < 4.78 is 5.54. The van der Waals surface area contributed by atoms with Crippen molar-refractivity contribution in [3.8, 4) is 0 Å². The molecule has 4 nitrogen and oxygen atoms in total. The van der Waals surface area contributed by atoms with Gasteiger partial charge < -0.3 is 15.8 Å². The molecule has 1 aromatic rings. The lowest BCUT2D eigenvalue weighted by atomic mass is 9.98. The summed E-state index contributed by atoms with van der Waals surface area (Å²) in [7, 11) is 0. The first-order valence-corrected chi connectivity index (χ1v) is 6.16. The third kappa shape index (κ3) is 3.41. The quantitative estimate of drug-likeness (QED) is 0.836. The first-order chi connectivity index (χ1) is 8.05. The molecule has 1 saturated heterocycles. The molecule has 4 heteroatoms. The van der Waals surface area contributed by atoms with Crippen molar-refractivity contribution in [3.05, 3.63) is 23.9 Å². The van der Waals surface area contributed by atoms with E-state index in [2.05, 4.69) is 10.3 Å². The number of pyridine rings is 1. The molecule has 1 aromatic heterocycles. The van der Waals surface area contributed by atoms with Gasteiger partial charge in [-0.1, -0.05) is 6.07 Å². The molecule has 0 aromatic carbocycles. The van der Waals surface area contributed by atoms with E-state index in [0.717, 1.165) is 31.0 Å². The Morgan fingerprint density at radius 3 is 2.88 bits per heavy atom. The lowest BCUT2D eigenvalue weighted by Gasteiger charge is -2.19. The molecule has 2 heterocycles. The van der Waals surface area contributed by atoms with Gasteiger partial charge in [-0.25, -0.2) is 4.98 Å². The average molecular weight is 235 g/mol. The van der Waals surface area contributed by atoms with E-state index in [1.165, 1.54) is 6.42 Å². The van der Waals surface area contributed by atoms with Crippen LogP contribution in [-0.4, -0.2) is 24.2 Å². The first kappa shape index (κ1) is 12.3. The van der Waals surface area contributed by atoms with Gasteiger partial charge in [-0.3, -0.25) is 0 Å². The van der Waals surface area contributed by atoms with Crippen LogP contribution in [0.5, 0.6) is 0 Å². The lowest BCUT2D eigenvalue weighted by Crippen LogP contribution is -2.28. The molecule has 1 unspecified atom stereocenters. The molecule has 0 radical (unpaired) electrons. The van der Waals surface area contributed by atoms with Crippen LogP contribution in [0, 0.1) is 0 Å². The summed E-state index contributed by atoms with van der Waals surface area (Å²) in [5.41, 5.74) is 6.71. The van der Waals surface area contributed by atoms with E-state index in [0.29, 0.717) is 6.10 Å². The summed E-state index contributed by atoms with van der Waals surface area (Å²) >= 11 is 0. The van der Waals surface area contributed by atoms with Crippen LogP contribution < -0.4 is 11.1 Å². The van der Waals surface area contributed by atoms with E-state index < -0.39 is 0 Å². The van der Waals surface area contributed by atoms with E-state index >= 15 is 0 Å². The number of nitrogens with zero attached hydrogens (tertiary/aromatic N) is 1. The monoisotopic (exact) mass is 235 g/mol. The normalized spacial score (nSPS) is 20.5. The van der Waals surface area contributed by atoms with E-state index in [1.54, 1.807) is 0 Å². The Hall–Kier alpha value is -1.13. The Labute approximate surface area is 103 Å². The topological polar surface area (TPSA) is 60.2 Å². The Balaban J connectivity index is 1.89. The number of ether oxygens (including phenoxy) is 1. The summed E-state index contributed by atoms with van der Waals surface area (Å²) in [5, 5.41) is 3.29. The number of rotatable bonds is 4. The number of anilines is 1. The minimum atomic E-state index is -0.333. The number of hydrogen-bond donors (Lipinski definition) is 2. The minimum Gasteiger partial charge on any atom is -0.376 e. The second-order valence-electron chi connectivity index (χ2n) is 5.17. The van der Waals surface area contributed by atoms with Crippen molar-refractivity contribution in [1.82, 2.24) is 4.98 Å². The Morgan fingerprint density at radius 1 is 1.53 bits per heavy atom. The highest BCUT2D eigenvalue weighted by molar-refractivity contribution is 5.37. The Bertz CT molecular complexity index is 350. The molecule has 2 rings (SSSR count). The number of aromatic nitrogens is 1. The summed E-state index contributed by atoms with van der Waals surface area (Å²) in [6, 6.07) is 3.99. The largest absolute Gasteiger partial charge is 0.376 e. The number of nitrogens with one attached hydrogen (secondary N) is 1. The molecule has 3 N–H and O–H groups in total. The number of hydrogen-bond acceptors (Lipinski definition) is 4. The summed E-state index contributed by atoms with van der Waals surface area (Å²) in [6.07, 6.45) is 4.47. The van der Waals surface area contributed by atoms with E-state index in [9.17, 15) is 0 Å². The molecule has 0 amide bonds. The van der Waals surface area contributed by atoms with Gasteiger partial charge in [-0.05, 0) is 38.3 Å². The van der Waals surface area contributed by atoms with Gasteiger partial charge in [-0.15, -0.1) is 0 Å². The Morgan fingerprint density at radius 2 is 2.35 bits per heavy atom. The molecule has 17 heavy (non-hydrogen) atoms. The lowest BCUT2D eigenvalue weighted by molar-refractivity contribution is 0.120. The molecule has 0 spiro atoms. The fraction of sp³-hybridized carbons (Fsp3) is 0.615. The second kappa shape index (κ2) is 5.02. The molecule has 1 aliphatic heterocycles. The first-order valence-electron chi connectivity index (χ1n) is 6.16. The van der Waals surface area contributed by atoms with Crippen LogP contribution in [0.2, 0.25) is 0 Å². The number of nitrogens with two attached hydrogens (primary N) is 1. The van der Waals surface area contributed by atoms with Crippen molar-refractivity contribution in [2.24, 2.45) is 5.73 Å². The van der Waals surface area contributed by atoms with E-state index in [4.69, 9.17) is 10.5 Å². The molecule has 0 saturated carbocycles. The highest BCUT2D eigenvalue weighted by Gasteiger charge is 2.16. The van der Waals surface area contributed by atoms with Crippen LogP contribution in [-0.2, 0) is 10.3 Å². The van der Waals surface area contributed by atoms with E-state index in [1.807, 2.05) is 32.2 Å². The minimum absolute atomic E-state index is 0.333. The van der Waals surface area contributed by atoms with Crippen LogP contribution in [0.4, 0.5) is 5.82 Å². The van der Waals surface area contributed by atoms with Gasteiger partial charge >= 0.3 is 0 Å². The van der Waals surface area contributed by atoms with Crippen LogP contribution in [0.15, 0.2) is 18.3 Å². The van der Waals surface area contributed by atoms with Crippen molar-refractivity contribution < 1.29 is 4.74 Å². The second-order valence-corrected chi connectivity index (χ2v) is 5.17. The summed E-state index contributed by atoms with van der Waals surface area (Å²) in [4.78, 5) is 4.36. The highest BCUT2D eigenvalue weighted by Crippen LogP contribution is 2.17. The van der Waals surface area contributed by atoms with Crippen molar-refractivity contribution in [3.63, 3.8) is 0 Å². The third-order valence-electron chi connectivity index (χ3n) is 3.04. The molecule has 94 valence electrons. The van der Waals surface area contributed by atoms with Crippen LogP contribution in [0.3, 0.4) is 0 Å². The van der Waals surface area contributed by atoms with Gasteiger partial charge in [0, 0.05) is 24.9 Å². The molecule has 1 aliphatic rings. The molecular formula is C13H21N3O. The van der Waals surface area contributed by atoms with Crippen molar-refractivity contribution in [2.45, 2.75) is 38.3 Å². The van der Waals surface area contributed by atoms with Crippen LogP contribution >= 0.6 is 0 Å². The molecule has 1 atom stereocenters. The molecule has 1 fully saturated rings. The van der Waals surface area contributed by atoms with Crippen molar-refractivity contribution in [1.29, 1.82) is 0 Å². The van der Waals surface area contributed by atoms with Gasteiger partial charge in [0.2, 0.25) is 0 Å². The fourth-order valence-corrected chi connectivity index (χ4v) is 1.90. The predicted octanol–water partition coefficient (Wildman–Crippen LogP) is 1.87. The molecular weight excluding hydrogens is 214 g/mol. The third-order valence-corrected chi connectivity index (χ3v) is 3.04. The standard InChI is InChI=1S/C13H21N3O/c1-13(2,14)10-5-6-12(15-8-10)16-9-11-4-3-7-17-11/h5-6,8,11H,3-4,7,9,14H2,1-2H3,(H,15,16). The maximum absolute atomic E-state index is 6.00. The maximum Gasteiger partial charge on any atom is 0.125 e. The molecule has 0 bridgehead atoms. The van der Waals surface area contributed by atoms with Gasteiger partial charge in [0.05, 0.1) is 6.10 Å². The Kier molecular flexibility index (Phi) is 3.64. The van der Waals surface area contributed by atoms with Gasteiger partial charge in [0.1, 0.15) is 5.82 Å². The van der Waals surface area contributed by atoms with E-state index in [-0.39, 0.29) is 5.54 Å². The van der Waals surface area contributed by atoms with Crippen LogP contribution in [0.25, 0.3) is 0 Å². The highest BCUT2D eigenvalue weighted by atomic mass is 16.5. The fourth-order valence-electron chi connectivity index (χ4n) is 1.90. The average Bonchev–Trinajstić information content (AvgIpc) is 2.78. The summed E-state index contributed by atoms with van der Waals surface area (Å²) in [6.45, 7) is 5.67. The van der Waals surface area contributed by atoms with Gasteiger partial charge in [0.25, 0.3) is 0 Å². The maximum atomic E-state index is 6.00. The molecule has 0 aliphatic carbocycles. The summed E-state index contributed by atoms with van der Waals surface area (Å²) in [5.74, 6) is 0.883. The SMILES string of the molecule is CC(C)(N)c1ccc(NCC2CCCO2)nc1. The zero-order chi connectivity index (χ0) is 12.3. The van der Waals surface area contributed by atoms with Crippen LogP contribution in [0.1, 0.15) is 32.3 Å². The smallest absolute Gasteiger partial charge is 0.125 e. The van der Waals surface area contributed by atoms with Crippen molar-refractivity contribution >= 4 is 5.82 Å². The van der Waals surface area contributed by atoms with Gasteiger partial charge in [0.15, 0.2) is 0 Å². The van der Waals surface area contributed by atoms with Crippen molar-refractivity contribution in [2.75, 3.05) is 18.5 Å². The predicted molar refractivity (Wildman–Crippen MR) is 68.9 cm³/mol. The van der Waals surface area contributed by atoms with Gasteiger partial charge in [-0.2, -0.15) is 0 Å². The zero-order valence-corrected chi connectivity index (χ0v) is 10.6.